The Morgan fingerprint density at radius 3 is 3.17 bits per heavy atom. The van der Waals surface area contributed by atoms with Crippen LogP contribution in [0.4, 0.5) is 0 Å². The topological polar surface area (TPSA) is 95.8 Å². The summed E-state index contributed by atoms with van der Waals surface area (Å²) in [5.41, 5.74) is 1.12. The van der Waals surface area contributed by atoms with Crippen LogP contribution in [0.2, 0.25) is 0 Å². The highest BCUT2D eigenvalue weighted by molar-refractivity contribution is 7.98. The van der Waals surface area contributed by atoms with Crippen LogP contribution in [0, 0.1) is 11.3 Å². The molecule has 2 aromatic rings. The average Bonchev–Trinajstić information content (AvgIpc) is 3.11. The number of nitrogens with zero attached hydrogens (tertiary/aromatic N) is 2. The number of aromatic amines is 1. The zero-order chi connectivity index (χ0) is 17.1. The van der Waals surface area contributed by atoms with E-state index in [2.05, 4.69) is 9.97 Å². The molecule has 3 rings (SSSR count). The van der Waals surface area contributed by atoms with Gasteiger partial charge in [-0.3, -0.25) is 9.59 Å². The number of hydrogen-bond acceptors (Lipinski definition) is 7. The van der Waals surface area contributed by atoms with Gasteiger partial charge < -0.3 is 9.72 Å². The van der Waals surface area contributed by atoms with Gasteiger partial charge in [-0.05, 0) is 31.7 Å². The van der Waals surface area contributed by atoms with Crippen LogP contribution in [0.1, 0.15) is 36.0 Å². The number of rotatable bonds is 6. The minimum Gasteiger partial charge on any atom is -0.447 e. The van der Waals surface area contributed by atoms with Crippen molar-refractivity contribution in [3.63, 3.8) is 0 Å². The molecule has 0 amide bonds. The first-order valence-electron chi connectivity index (χ1n) is 7.78. The standard InChI is InChI=1S/C16H17N3O3S2/c1-9(7-17)22-13(20)5-6-23-8-12-18-15(21)14-10-3-2-4-11(10)24-16(14)19-12/h9H,2-6,8H2,1H3,(H,18,19,21)/t9-/m0/s1. The normalized spacial score (nSPS) is 14.3. The van der Waals surface area contributed by atoms with Crippen molar-refractivity contribution in [2.45, 2.75) is 44.5 Å². The van der Waals surface area contributed by atoms with Crippen LogP contribution < -0.4 is 5.56 Å². The Morgan fingerprint density at radius 2 is 2.38 bits per heavy atom. The van der Waals surface area contributed by atoms with Crippen LogP contribution in [-0.4, -0.2) is 27.8 Å². The summed E-state index contributed by atoms with van der Waals surface area (Å²) in [6.45, 7) is 1.54. The van der Waals surface area contributed by atoms with E-state index in [1.165, 1.54) is 29.1 Å². The molecule has 0 unspecified atom stereocenters. The minimum atomic E-state index is -0.719. The molecule has 0 fully saturated rings. The third-order valence-corrected chi connectivity index (χ3v) is 5.96. The third-order valence-electron chi connectivity index (χ3n) is 3.80. The van der Waals surface area contributed by atoms with Crippen molar-refractivity contribution in [3.05, 3.63) is 26.6 Å². The van der Waals surface area contributed by atoms with Crippen LogP contribution >= 0.6 is 23.1 Å². The molecule has 0 spiro atoms. The highest BCUT2D eigenvalue weighted by Gasteiger charge is 2.21. The summed E-state index contributed by atoms with van der Waals surface area (Å²) < 4.78 is 4.88. The molecular weight excluding hydrogens is 346 g/mol. The number of ether oxygens (including phenoxy) is 1. The molecule has 0 aliphatic heterocycles. The quantitative estimate of drug-likeness (QED) is 0.626. The monoisotopic (exact) mass is 363 g/mol. The van der Waals surface area contributed by atoms with E-state index in [-0.39, 0.29) is 17.9 Å². The maximum absolute atomic E-state index is 12.3. The maximum atomic E-state index is 12.3. The van der Waals surface area contributed by atoms with Gasteiger partial charge in [0.1, 0.15) is 16.7 Å². The zero-order valence-electron chi connectivity index (χ0n) is 13.3. The SMILES string of the molecule is C[C@@H](C#N)OC(=O)CCSCc1nc2sc3c(c2c(=O)[nH]1)CCC3. The first-order valence-corrected chi connectivity index (χ1v) is 9.76. The Labute approximate surface area is 147 Å². The number of aryl methyl sites for hydroxylation is 2. The highest BCUT2D eigenvalue weighted by Crippen LogP contribution is 2.34. The molecule has 1 N–H and O–H groups in total. The van der Waals surface area contributed by atoms with E-state index in [0.717, 1.165) is 29.5 Å². The van der Waals surface area contributed by atoms with Crippen LogP contribution in [-0.2, 0) is 28.1 Å². The lowest BCUT2D eigenvalue weighted by atomic mass is 10.2. The van der Waals surface area contributed by atoms with E-state index in [1.54, 1.807) is 11.3 Å². The number of aromatic nitrogens is 2. The Bertz CT molecular complexity index is 866. The van der Waals surface area contributed by atoms with E-state index in [9.17, 15) is 9.59 Å². The lowest BCUT2D eigenvalue weighted by molar-refractivity contribution is -0.145. The van der Waals surface area contributed by atoms with Crippen molar-refractivity contribution < 1.29 is 9.53 Å². The molecule has 126 valence electrons. The molecule has 1 aliphatic rings. The summed E-state index contributed by atoms with van der Waals surface area (Å²) in [5.74, 6) is 1.34. The molecule has 0 saturated carbocycles. The number of carbonyl (C=O) groups is 1. The molecular formula is C16H17N3O3S2. The van der Waals surface area contributed by atoms with Gasteiger partial charge in [0, 0.05) is 10.6 Å². The number of fused-ring (bicyclic) bond motifs is 3. The van der Waals surface area contributed by atoms with Gasteiger partial charge in [-0.15, -0.1) is 11.3 Å². The number of carbonyl (C=O) groups excluding carboxylic acids is 1. The number of thioether (sulfide) groups is 1. The van der Waals surface area contributed by atoms with E-state index >= 15 is 0 Å². The van der Waals surface area contributed by atoms with Crippen LogP contribution in [0.15, 0.2) is 4.79 Å². The van der Waals surface area contributed by atoms with Crippen molar-refractivity contribution in [3.8, 4) is 6.07 Å². The fraction of sp³-hybridized carbons (Fsp3) is 0.500. The van der Waals surface area contributed by atoms with Crippen molar-refractivity contribution >= 4 is 39.3 Å². The van der Waals surface area contributed by atoms with Gasteiger partial charge in [-0.25, -0.2) is 4.98 Å². The molecule has 24 heavy (non-hydrogen) atoms. The molecule has 6 nitrogen and oxygen atoms in total. The fourth-order valence-corrected chi connectivity index (χ4v) is 4.79. The fourth-order valence-electron chi connectivity index (χ4n) is 2.72. The molecule has 0 saturated heterocycles. The smallest absolute Gasteiger partial charge is 0.307 e. The summed E-state index contributed by atoms with van der Waals surface area (Å²) in [7, 11) is 0. The van der Waals surface area contributed by atoms with E-state index < -0.39 is 6.10 Å². The molecule has 2 aromatic heterocycles. The minimum absolute atomic E-state index is 0.0581. The zero-order valence-corrected chi connectivity index (χ0v) is 14.9. The second kappa shape index (κ2) is 7.36. The summed E-state index contributed by atoms with van der Waals surface area (Å²) in [5, 5.41) is 9.35. The summed E-state index contributed by atoms with van der Waals surface area (Å²) in [6, 6.07) is 1.85. The Kier molecular flexibility index (Phi) is 5.21. The number of esters is 1. The first kappa shape index (κ1) is 17.0. The van der Waals surface area contributed by atoms with Gasteiger partial charge >= 0.3 is 5.97 Å². The van der Waals surface area contributed by atoms with Crippen molar-refractivity contribution in [2.75, 3.05) is 5.75 Å². The molecule has 0 bridgehead atoms. The van der Waals surface area contributed by atoms with Crippen molar-refractivity contribution in [1.29, 1.82) is 5.26 Å². The van der Waals surface area contributed by atoms with Gasteiger partial charge in [0.2, 0.25) is 0 Å². The molecule has 1 atom stereocenters. The highest BCUT2D eigenvalue weighted by atomic mass is 32.2. The van der Waals surface area contributed by atoms with Gasteiger partial charge in [0.25, 0.3) is 5.56 Å². The average molecular weight is 363 g/mol. The molecule has 0 aromatic carbocycles. The van der Waals surface area contributed by atoms with Crippen LogP contribution in [0.25, 0.3) is 10.2 Å². The summed E-state index contributed by atoms with van der Waals surface area (Å²) in [4.78, 5) is 33.3. The Hall–Kier alpha value is -1.85. The predicted molar refractivity (Wildman–Crippen MR) is 94.2 cm³/mol. The van der Waals surface area contributed by atoms with Gasteiger partial charge in [0.15, 0.2) is 6.10 Å². The predicted octanol–water partition coefficient (Wildman–Crippen LogP) is 2.55. The number of H-pyrrole nitrogens is 1. The van der Waals surface area contributed by atoms with Crippen molar-refractivity contribution in [1.82, 2.24) is 9.97 Å². The van der Waals surface area contributed by atoms with Crippen LogP contribution in [0.5, 0.6) is 0 Å². The molecule has 1 aliphatic carbocycles. The first-order chi connectivity index (χ1) is 11.6. The Balaban J connectivity index is 1.58. The Morgan fingerprint density at radius 1 is 1.54 bits per heavy atom. The van der Waals surface area contributed by atoms with E-state index in [1.807, 2.05) is 6.07 Å². The third kappa shape index (κ3) is 3.62. The lowest BCUT2D eigenvalue weighted by Gasteiger charge is -2.05. The summed E-state index contributed by atoms with van der Waals surface area (Å²) >= 11 is 3.13. The number of thiophene rings is 1. The maximum Gasteiger partial charge on any atom is 0.307 e. The molecule has 8 heteroatoms. The van der Waals surface area contributed by atoms with E-state index in [4.69, 9.17) is 10.00 Å². The van der Waals surface area contributed by atoms with Gasteiger partial charge in [-0.2, -0.15) is 17.0 Å². The molecule has 0 radical (unpaired) electrons. The molecule has 2 heterocycles. The summed E-state index contributed by atoms with van der Waals surface area (Å²) in [6.07, 6.45) is 2.65. The van der Waals surface area contributed by atoms with Gasteiger partial charge in [0.05, 0.1) is 17.6 Å². The number of nitrogens with one attached hydrogen (secondary N) is 1. The number of hydrogen-bond donors (Lipinski definition) is 1. The second-order valence-corrected chi connectivity index (χ2v) is 7.80. The second-order valence-electron chi connectivity index (χ2n) is 5.61. The van der Waals surface area contributed by atoms with E-state index in [0.29, 0.717) is 17.3 Å². The van der Waals surface area contributed by atoms with Gasteiger partial charge in [-0.1, -0.05) is 0 Å². The van der Waals surface area contributed by atoms with Crippen LogP contribution in [0.3, 0.4) is 0 Å². The van der Waals surface area contributed by atoms with Crippen molar-refractivity contribution in [2.24, 2.45) is 0 Å². The lowest BCUT2D eigenvalue weighted by Crippen LogP contribution is -2.13. The largest absolute Gasteiger partial charge is 0.447 e. The number of nitriles is 1.